The zero-order chi connectivity index (χ0) is 15.9. The van der Waals surface area contributed by atoms with Gasteiger partial charge in [-0.3, -0.25) is 14.4 Å². The molecule has 0 spiro atoms. The third-order valence-corrected chi connectivity index (χ3v) is 3.57. The molecule has 1 amide bonds. The number of carbonyl (C=O) groups excluding carboxylic acids is 2. The number of carbonyl (C=O) groups is 2. The molecular weight excluding hydrogens is 302 g/mol. The van der Waals surface area contributed by atoms with E-state index in [1.165, 1.54) is 19.2 Å². The summed E-state index contributed by atoms with van der Waals surface area (Å²) in [5, 5.41) is 3.15. The summed E-state index contributed by atoms with van der Waals surface area (Å²) in [5.41, 5.74) is 1.32. The lowest BCUT2D eigenvalue weighted by Crippen LogP contribution is -2.15. The van der Waals surface area contributed by atoms with E-state index in [2.05, 4.69) is 15.3 Å². The van der Waals surface area contributed by atoms with Crippen LogP contribution in [-0.2, 0) is 16.0 Å². The Morgan fingerprint density at radius 1 is 1.23 bits per heavy atom. The van der Waals surface area contributed by atoms with Crippen molar-refractivity contribution in [3.05, 3.63) is 52.4 Å². The smallest absolute Gasteiger partial charge is 0.251 e. The van der Waals surface area contributed by atoms with Crippen molar-refractivity contribution in [1.82, 2.24) is 9.97 Å². The zero-order valence-electron chi connectivity index (χ0n) is 12.0. The molecule has 7 heteroatoms. The number of Topliss-reactive ketones (excluding diaryl/α,β-unsaturated/α-hetero) is 1. The molecule has 1 aromatic carbocycles. The van der Waals surface area contributed by atoms with Gasteiger partial charge < -0.3 is 10.3 Å². The van der Waals surface area contributed by atoms with E-state index in [-0.39, 0.29) is 23.0 Å². The first-order valence-corrected chi connectivity index (χ1v) is 7.58. The summed E-state index contributed by atoms with van der Waals surface area (Å²) in [6, 6.07) is 8.43. The van der Waals surface area contributed by atoms with Crippen molar-refractivity contribution in [1.29, 1.82) is 0 Å². The molecule has 2 N–H and O–H groups in total. The first-order valence-electron chi connectivity index (χ1n) is 6.59. The van der Waals surface area contributed by atoms with Crippen LogP contribution in [0.2, 0.25) is 0 Å². The Bertz CT molecular complexity index is 725. The van der Waals surface area contributed by atoms with Gasteiger partial charge in [-0.15, -0.1) is 0 Å². The molecule has 1 heterocycles. The molecule has 0 radical (unpaired) electrons. The molecule has 1 aromatic heterocycles. The van der Waals surface area contributed by atoms with Gasteiger partial charge in [0.15, 0.2) is 5.16 Å². The highest BCUT2D eigenvalue weighted by Crippen LogP contribution is 2.13. The molecule has 0 unspecified atom stereocenters. The summed E-state index contributed by atoms with van der Waals surface area (Å²) < 4.78 is 0. The van der Waals surface area contributed by atoms with Crippen LogP contribution in [0.3, 0.4) is 0 Å². The van der Waals surface area contributed by atoms with Gasteiger partial charge >= 0.3 is 0 Å². The topological polar surface area (TPSA) is 91.9 Å². The molecule has 0 aliphatic carbocycles. The number of anilines is 1. The molecule has 2 rings (SSSR count). The van der Waals surface area contributed by atoms with Crippen LogP contribution in [0.25, 0.3) is 0 Å². The van der Waals surface area contributed by atoms with E-state index in [4.69, 9.17) is 0 Å². The SMILES string of the molecule is CC(=O)Cc1ccc(NC(=O)CSc2nccc(=O)[nH]2)cc1. The zero-order valence-corrected chi connectivity index (χ0v) is 12.8. The second kappa shape index (κ2) is 7.56. The highest BCUT2D eigenvalue weighted by molar-refractivity contribution is 7.99. The summed E-state index contributed by atoms with van der Waals surface area (Å²) in [6.45, 7) is 1.54. The number of hydrogen-bond donors (Lipinski definition) is 2. The Kier molecular flexibility index (Phi) is 5.48. The fourth-order valence-corrected chi connectivity index (χ4v) is 2.40. The van der Waals surface area contributed by atoms with E-state index in [0.29, 0.717) is 17.3 Å². The Balaban J connectivity index is 1.86. The first kappa shape index (κ1) is 16.0. The maximum absolute atomic E-state index is 11.8. The van der Waals surface area contributed by atoms with Crippen LogP contribution in [0, 0.1) is 0 Å². The molecule has 22 heavy (non-hydrogen) atoms. The van der Waals surface area contributed by atoms with E-state index in [1.54, 1.807) is 24.3 Å². The van der Waals surface area contributed by atoms with Gasteiger partial charge in [-0.05, 0) is 24.6 Å². The molecule has 0 saturated heterocycles. The van der Waals surface area contributed by atoms with Crippen molar-refractivity contribution in [3.63, 3.8) is 0 Å². The average Bonchev–Trinajstić information content (AvgIpc) is 2.47. The number of nitrogens with zero attached hydrogens (tertiary/aromatic N) is 1. The summed E-state index contributed by atoms with van der Waals surface area (Å²) >= 11 is 1.15. The number of aromatic amines is 1. The molecule has 0 saturated carbocycles. The minimum Gasteiger partial charge on any atom is -0.325 e. The van der Waals surface area contributed by atoms with Crippen LogP contribution in [0.4, 0.5) is 5.69 Å². The van der Waals surface area contributed by atoms with Gasteiger partial charge in [0.25, 0.3) is 5.56 Å². The van der Waals surface area contributed by atoms with E-state index in [1.807, 2.05) is 0 Å². The second-order valence-corrected chi connectivity index (χ2v) is 5.62. The summed E-state index contributed by atoms with van der Waals surface area (Å²) in [5.74, 6) is 0.0377. The van der Waals surface area contributed by atoms with Crippen LogP contribution in [0.15, 0.2) is 46.5 Å². The number of ketones is 1. The quantitative estimate of drug-likeness (QED) is 0.624. The van der Waals surface area contributed by atoms with Gasteiger partial charge in [0, 0.05) is 24.4 Å². The predicted molar refractivity (Wildman–Crippen MR) is 85.0 cm³/mol. The third kappa shape index (κ3) is 5.17. The summed E-state index contributed by atoms with van der Waals surface area (Å²) in [6.07, 6.45) is 1.78. The van der Waals surface area contributed by atoms with Gasteiger partial charge in [0.2, 0.25) is 5.91 Å². The van der Waals surface area contributed by atoms with Crippen molar-refractivity contribution < 1.29 is 9.59 Å². The van der Waals surface area contributed by atoms with Crippen LogP contribution >= 0.6 is 11.8 Å². The number of nitrogens with one attached hydrogen (secondary N) is 2. The monoisotopic (exact) mass is 317 g/mol. The first-order chi connectivity index (χ1) is 10.5. The van der Waals surface area contributed by atoms with Crippen LogP contribution in [0.1, 0.15) is 12.5 Å². The van der Waals surface area contributed by atoms with Crippen molar-refractivity contribution in [2.75, 3.05) is 11.1 Å². The van der Waals surface area contributed by atoms with Crippen molar-refractivity contribution in [2.24, 2.45) is 0 Å². The number of rotatable bonds is 6. The van der Waals surface area contributed by atoms with E-state index >= 15 is 0 Å². The largest absolute Gasteiger partial charge is 0.325 e. The van der Waals surface area contributed by atoms with Crippen LogP contribution < -0.4 is 10.9 Å². The minimum absolute atomic E-state index is 0.0949. The summed E-state index contributed by atoms with van der Waals surface area (Å²) in [4.78, 5) is 40.4. The fourth-order valence-electron chi connectivity index (χ4n) is 1.75. The minimum atomic E-state index is -0.251. The fraction of sp³-hybridized carbons (Fsp3) is 0.200. The Hall–Kier alpha value is -2.41. The number of aromatic nitrogens is 2. The van der Waals surface area contributed by atoms with Gasteiger partial charge in [0.1, 0.15) is 5.78 Å². The molecule has 0 bridgehead atoms. The van der Waals surface area contributed by atoms with Crippen molar-refractivity contribution in [3.8, 4) is 0 Å². The van der Waals surface area contributed by atoms with Gasteiger partial charge in [-0.1, -0.05) is 23.9 Å². The highest BCUT2D eigenvalue weighted by Gasteiger charge is 2.05. The third-order valence-electron chi connectivity index (χ3n) is 2.68. The van der Waals surface area contributed by atoms with E-state index in [0.717, 1.165) is 17.3 Å². The molecule has 6 nitrogen and oxygen atoms in total. The Labute approximate surface area is 131 Å². The normalized spacial score (nSPS) is 10.2. The van der Waals surface area contributed by atoms with Crippen LogP contribution in [0.5, 0.6) is 0 Å². The Morgan fingerprint density at radius 2 is 1.95 bits per heavy atom. The Morgan fingerprint density at radius 3 is 2.59 bits per heavy atom. The second-order valence-electron chi connectivity index (χ2n) is 4.65. The number of hydrogen-bond acceptors (Lipinski definition) is 5. The van der Waals surface area contributed by atoms with E-state index < -0.39 is 0 Å². The lowest BCUT2D eigenvalue weighted by molar-refractivity contribution is -0.116. The van der Waals surface area contributed by atoms with Crippen molar-refractivity contribution >= 4 is 29.1 Å². The van der Waals surface area contributed by atoms with Crippen LogP contribution in [-0.4, -0.2) is 27.4 Å². The highest BCUT2D eigenvalue weighted by atomic mass is 32.2. The maximum atomic E-state index is 11.8. The lowest BCUT2D eigenvalue weighted by Gasteiger charge is -2.06. The van der Waals surface area contributed by atoms with E-state index in [9.17, 15) is 14.4 Å². The number of thioether (sulfide) groups is 1. The number of benzene rings is 1. The molecule has 0 atom stereocenters. The van der Waals surface area contributed by atoms with Gasteiger partial charge in [-0.25, -0.2) is 4.98 Å². The number of H-pyrrole nitrogens is 1. The molecule has 2 aromatic rings. The molecule has 0 aliphatic heterocycles. The molecule has 0 fully saturated rings. The van der Waals surface area contributed by atoms with Crippen molar-refractivity contribution in [2.45, 2.75) is 18.5 Å². The lowest BCUT2D eigenvalue weighted by atomic mass is 10.1. The maximum Gasteiger partial charge on any atom is 0.251 e. The summed E-state index contributed by atoms with van der Waals surface area (Å²) in [7, 11) is 0. The number of amides is 1. The standard InChI is InChI=1S/C15H15N3O3S/c1-10(19)8-11-2-4-12(5-3-11)17-14(21)9-22-15-16-7-6-13(20)18-15/h2-7H,8-9H2,1H3,(H,17,21)(H,16,18,20). The molecular formula is C15H15N3O3S. The molecule has 0 aliphatic rings. The molecule has 114 valence electrons. The van der Waals surface area contributed by atoms with Gasteiger partial charge in [-0.2, -0.15) is 0 Å². The predicted octanol–water partition coefficient (Wildman–Crippen LogP) is 1.63. The van der Waals surface area contributed by atoms with Gasteiger partial charge in [0.05, 0.1) is 5.75 Å². The average molecular weight is 317 g/mol.